The number of carbonyl (C=O) groups is 4. The van der Waals surface area contributed by atoms with Crippen LogP contribution in [0.25, 0.3) is 28.0 Å². The van der Waals surface area contributed by atoms with Crippen molar-refractivity contribution >= 4 is 63.8 Å². The number of oxazole rings is 1. The molecular formula is C52H78N10O9. The number of aldehydes is 1. The van der Waals surface area contributed by atoms with Crippen LogP contribution in [-0.2, 0) is 24.2 Å². The van der Waals surface area contributed by atoms with E-state index in [0.29, 0.717) is 93.3 Å². The molecule has 5 aromatic rings. The lowest BCUT2D eigenvalue weighted by Gasteiger charge is -2.24. The van der Waals surface area contributed by atoms with Crippen LogP contribution in [-0.4, -0.2) is 100 Å². The fraction of sp³-hybridized carbons (Fsp3) is 0.423. The molecule has 0 atom stereocenters. The van der Waals surface area contributed by atoms with E-state index in [0.717, 1.165) is 18.3 Å². The topological polar surface area (TPSA) is 284 Å². The Labute approximate surface area is 418 Å². The first kappa shape index (κ1) is 61.6. The summed E-state index contributed by atoms with van der Waals surface area (Å²) in [4.78, 5) is 61.3. The van der Waals surface area contributed by atoms with Crippen LogP contribution in [0.4, 0.5) is 16.4 Å². The van der Waals surface area contributed by atoms with Crippen LogP contribution in [0.3, 0.4) is 0 Å². The number of aliphatic hydroxyl groups excluding tert-OH is 1. The predicted molar refractivity (Wildman–Crippen MR) is 285 cm³/mol. The second-order valence-corrected chi connectivity index (χ2v) is 16.1. The number of aromatic nitrogens is 4. The van der Waals surface area contributed by atoms with Gasteiger partial charge in [-0.15, -0.1) is 0 Å². The van der Waals surface area contributed by atoms with Gasteiger partial charge in [0.05, 0.1) is 41.8 Å². The average Bonchev–Trinajstić information content (AvgIpc) is 3.99. The number of benzene rings is 2. The quantitative estimate of drug-likeness (QED) is 0.0208. The minimum atomic E-state index is -0.645. The highest BCUT2D eigenvalue weighted by Crippen LogP contribution is 2.38. The molecule has 0 bridgehead atoms. The van der Waals surface area contributed by atoms with Gasteiger partial charge in [0.25, 0.3) is 5.91 Å². The lowest BCUT2D eigenvalue weighted by Crippen LogP contribution is -2.35. The van der Waals surface area contributed by atoms with Crippen LogP contribution in [0.15, 0.2) is 70.3 Å². The Hall–Kier alpha value is -7.38. The number of hydrogen-bond acceptors (Lipinski definition) is 14. The van der Waals surface area contributed by atoms with Crippen LogP contribution in [0.1, 0.15) is 124 Å². The molecule has 3 heterocycles. The summed E-state index contributed by atoms with van der Waals surface area (Å²) < 4.78 is 26.9. The molecule has 0 aliphatic rings. The average molecular weight is 987 g/mol. The zero-order valence-electron chi connectivity index (χ0n) is 44.4. The molecule has 10 N–H and O–H groups in total. The summed E-state index contributed by atoms with van der Waals surface area (Å²) in [5.74, 6) is 0.0617. The van der Waals surface area contributed by atoms with Crippen LogP contribution < -0.4 is 37.7 Å². The number of nitrogen functional groups attached to an aromatic ring is 1. The SMILES string of the molecule is C=C(C)/C=C(C)/C(N)=C/c1c(N)c2cc(C(N)=O)cc(OC)c2n1C/C=C/Cn1c(NC(=O)c2oc(C)nc2CC)nc2cc(C=O)cc(OCCCN(C)C(=O)OC(C)(C)C)c21.CC.CC.CN.CO. The second kappa shape index (κ2) is 29.6. The van der Waals surface area contributed by atoms with Crippen LogP contribution in [0, 0.1) is 6.92 Å². The number of primary amides is 1. The monoisotopic (exact) mass is 987 g/mol. The molecule has 0 spiro atoms. The van der Waals surface area contributed by atoms with Crippen molar-refractivity contribution in [3.05, 3.63) is 100 Å². The van der Waals surface area contributed by atoms with Gasteiger partial charge in [0.2, 0.25) is 17.6 Å². The number of hydrogen-bond donors (Lipinski definition) is 6. The number of aryl methyl sites for hydroxylation is 2. The van der Waals surface area contributed by atoms with Crippen molar-refractivity contribution in [2.24, 2.45) is 17.2 Å². The lowest BCUT2D eigenvalue weighted by atomic mass is 10.1. The smallest absolute Gasteiger partial charge is 0.410 e. The summed E-state index contributed by atoms with van der Waals surface area (Å²) in [6, 6.07) is 6.39. The maximum absolute atomic E-state index is 13.7. The van der Waals surface area contributed by atoms with Gasteiger partial charge in [-0.25, -0.2) is 14.8 Å². The lowest BCUT2D eigenvalue weighted by molar-refractivity contribution is 0.0291. The van der Waals surface area contributed by atoms with E-state index in [4.69, 9.17) is 45.9 Å². The number of aliphatic hydroxyl groups is 1. The number of anilines is 2. The van der Waals surface area contributed by atoms with Crippen molar-refractivity contribution in [1.29, 1.82) is 0 Å². The van der Waals surface area contributed by atoms with Crippen LogP contribution >= 0.6 is 0 Å². The van der Waals surface area contributed by atoms with Gasteiger partial charge in [-0.1, -0.05) is 65.0 Å². The summed E-state index contributed by atoms with van der Waals surface area (Å²) in [6.07, 6.45) is 8.50. The Kier molecular flexibility index (Phi) is 25.7. The summed E-state index contributed by atoms with van der Waals surface area (Å²) in [7, 11) is 5.63. The van der Waals surface area contributed by atoms with Gasteiger partial charge in [0.1, 0.15) is 28.9 Å². The van der Waals surface area contributed by atoms with E-state index in [1.54, 1.807) is 69.7 Å². The minimum absolute atomic E-state index is 0.0574. The molecule has 0 aliphatic carbocycles. The van der Waals surface area contributed by atoms with Crippen LogP contribution in [0.2, 0.25) is 0 Å². The van der Waals surface area contributed by atoms with Gasteiger partial charge in [-0.2, -0.15) is 0 Å². The first-order valence-corrected chi connectivity index (χ1v) is 23.4. The molecule has 0 radical (unpaired) electrons. The standard InChI is InChI=1S/C46H57N9O8.2C2H6.CH5N.CH4O/c1-11-33-41(62-28(5)50-33)43(58)52-44-51-34-20-29(25-56)21-37(61-18-14-15-53(9)45(59)63-46(6,7)8)40(34)55(44)17-13-12-16-54-35(24-32(47)27(4)19-26(2)3)38(48)31-22-30(42(49)57)23-36(60-10)39(31)54;4*1-2/h12-13,19-25H,2,11,14-18,47-48H2,1,3-10H3,(H2,49,57)(H,51,52,58);2*1-2H3;2H2,1H3;2H,1H3/b13-12+,27-19+,32-24-;;;;. The van der Waals surface area contributed by atoms with Crippen LogP contribution in [0.5, 0.6) is 11.5 Å². The van der Waals surface area contributed by atoms with Crippen molar-refractivity contribution in [2.75, 3.05) is 52.5 Å². The molecule has 0 saturated carbocycles. The maximum atomic E-state index is 13.7. The van der Waals surface area contributed by atoms with Gasteiger partial charge in [-0.3, -0.25) is 19.7 Å². The molecule has 0 fully saturated rings. The first-order chi connectivity index (χ1) is 33.8. The van der Waals surface area contributed by atoms with Crippen molar-refractivity contribution in [2.45, 2.75) is 108 Å². The fourth-order valence-corrected chi connectivity index (χ4v) is 6.88. The third-order valence-electron chi connectivity index (χ3n) is 9.80. The Balaban J connectivity index is 0.00000299. The van der Waals surface area contributed by atoms with Crippen molar-refractivity contribution in [3.8, 4) is 11.5 Å². The third kappa shape index (κ3) is 16.6. The highest BCUT2D eigenvalue weighted by molar-refractivity contribution is 6.06. The molecule has 390 valence electrons. The van der Waals surface area contributed by atoms with Gasteiger partial charge in [-0.05, 0) is 90.4 Å². The number of ether oxygens (including phenoxy) is 3. The molecular weight excluding hydrogens is 909 g/mol. The summed E-state index contributed by atoms with van der Waals surface area (Å²) >= 11 is 0. The van der Waals surface area contributed by atoms with Crippen molar-refractivity contribution in [3.63, 3.8) is 0 Å². The zero-order chi connectivity index (χ0) is 54.3. The predicted octanol–water partition coefficient (Wildman–Crippen LogP) is 8.55. The molecule has 19 nitrogen and oxygen atoms in total. The number of allylic oxidation sites excluding steroid dienone is 5. The van der Waals surface area contributed by atoms with Gasteiger partial charge in [0.15, 0.2) is 5.89 Å². The third-order valence-corrected chi connectivity index (χ3v) is 9.80. The highest BCUT2D eigenvalue weighted by Gasteiger charge is 2.24. The summed E-state index contributed by atoms with van der Waals surface area (Å²) in [6.45, 7) is 25.5. The Morgan fingerprint density at radius 3 is 2.13 bits per heavy atom. The number of nitrogens with zero attached hydrogens (tertiary/aromatic N) is 5. The fourth-order valence-electron chi connectivity index (χ4n) is 6.88. The van der Waals surface area contributed by atoms with Crippen molar-refractivity contribution in [1.82, 2.24) is 24.0 Å². The number of methoxy groups -OCH3 is 1. The van der Waals surface area contributed by atoms with E-state index < -0.39 is 23.5 Å². The maximum Gasteiger partial charge on any atom is 0.410 e. The normalized spacial score (nSPS) is 11.2. The van der Waals surface area contributed by atoms with Gasteiger partial charge >= 0.3 is 6.09 Å². The minimum Gasteiger partial charge on any atom is -0.495 e. The number of amides is 3. The molecule has 0 saturated heterocycles. The number of rotatable bonds is 18. The van der Waals surface area contributed by atoms with E-state index in [1.165, 1.54) is 19.1 Å². The molecule has 0 unspecified atom stereocenters. The van der Waals surface area contributed by atoms with Gasteiger partial charge < -0.3 is 60.7 Å². The summed E-state index contributed by atoms with van der Waals surface area (Å²) in [5, 5.41) is 10.4. The molecule has 0 aliphatic heterocycles. The molecule has 19 heteroatoms. The second-order valence-electron chi connectivity index (χ2n) is 16.1. The Morgan fingerprint density at radius 2 is 1.58 bits per heavy atom. The Morgan fingerprint density at radius 1 is 0.958 bits per heavy atom. The molecule has 2 aromatic carbocycles. The number of nitrogens with two attached hydrogens (primary N) is 4. The van der Waals surface area contributed by atoms with E-state index in [9.17, 15) is 19.2 Å². The first-order valence-electron chi connectivity index (χ1n) is 23.4. The number of imidazole rings is 1. The van der Waals surface area contributed by atoms with E-state index in [-0.39, 0.29) is 37.0 Å². The summed E-state index contributed by atoms with van der Waals surface area (Å²) in [5.41, 5.74) is 28.4. The number of fused-ring (bicyclic) bond motifs is 2. The zero-order valence-corrected chi connectivity index (χ0v) is 44.4. The molecule has 3 aromatic heterocycles. The largest absolute Gasteiger partial charge is 0.495 e. The molecule has 3 amide bonds. The van der Waals surface area contributed by atoms with E-state index >= 15 is 0 Å². The van der Waals surface area contributed by atoms with E-state index in [2.05, 4.69) is 22.6 Å². The number of carbonyl (C=O) groups excluding carboxylic acids is 4. The highest BCUT2D eigenvalue weighted by atomic mass is 16.6. The number of nitrogens with one attached hydrogen (secondary N) is 1. The van der Waals surface area contributed by atoms with E-state index in [1.807, 2.05) is 71.3 Å². The molecule has 5 rings (SSSR count). The van der Waals surface area contributed by atoms with Gasteiger partial charge in [0, 0.05) is 62.9 Å². The molecule has 71 heavy (non-hydrogen) atoms. The van der Waals surface area contributed by atoms with Crippen molar-refractivity contribution < 1.29 is 42.9 Å². The Bertz CT molecular complexity index is 2680.